The van der Waals surface area contributed by atoms with Gasteiger partial charge in [-0.15, -0.1) is 0 Å². The average Bonchev–Trinajstić information content (AvgIpc) is 2.64. The summed E-state index contributed by atoms with van der Waals surface area (Å²) in [6, 6.07) is 0. The van der Waals surface area contributed by atoms with E-state index in [1.807, 2.05) is 6.92 Å². The highest BCUT2D eigenvalue weighted by Gasteiger charge is 2.45. The van der Waals surface area contributed by atoms with Crippen LogP contribution in [-0.4, -0.2) is 44.0 Å². The van der Waals surface area contributed by atoms with Gasteiger partial charge in [0.25, 0.3) is 0 Å². The van der Waals surface area contributed by atoms with E-state index < -0.39 is 21.5 Å². The molecule has 1 heterocycles. The van der Waals surface area contributed by atoms with E-state index in [2.05, 4.69) is 4.72 Å². The summed E-state index contributed by atoms with van der Waals surface area (Å²) in [7, 11) is -3.54. The van der Waals surface area contributed by atoms with E-state index in [-0.39, 0.29) is 25.4 Å². The first kappa shape index (κ1) is 13.4. The summed E-state index contributed by atoms with van der Waals surface area (Å²) < 4.78 is 30.5. The lowest BCUT2D eigenvalue weighted by molar-refractivity contribution is -0.144. The Kier molecular flexibility index (Phi) is 4.28. The Morgan fingerprint density at radius 3 is 2.69 bits per heavy atom. The number of aliphatic carboxylic acids is 1. The van der Waals surface area contributed by atoms with Crippen LogP contribution in [0.5, 0.6) is 0 Å². The number of sulfonamides is 1. The van der Waals surface area contributed by atoms with Crippen molar-refractivity contribution >= 4 is 16.0 Å². The van der Waals surface area contributed by atoms with Crippen molar-refractivity contribution in [2.45, 2.75) is 31.7 Å². The van der Waals surface area contributed by atoms with E-state index in [9.17, 15) is 13.2 Å². The third-order valence-corrected chi connectivity index (χ3v) is 4.08. The van der Waals surface area contributed by atoms with Crippen LogP contribution in [0.25, 0.3) is 0 Å². The fraction of sp³-hybridized carbons (Fsp3) is 0.889. The molecule has 6 nitrogen and oxygen atoms in total. The van der Waals surface area contributed by atoms with Crippen LogP contribution >= 0.6 is 0 Å². The Labute approximate surface area is 95.0 Å². The number of unbranched alkanes of at least 4 members (excludes halogenated alkanes) is 1. The summed E-state index contributed by atoms with van der Waals surface area (Å²) in [5, 5.41) is 9.05. The fourth-order valence-electron chi connectivity index (χ4n) is 1.54. The topological polar surface area (TPSA) is 92.7 Å². The van der Waals surface area contributed by atoms with Crippen molar-refractivity contribution < 1.29 is 23.1 Å². The number of hydrogen-bond donors (Lipinski definition) is 2. The van der Waals surface area contributed by atoms with Gasteiger partial charge in [-0.2, -0.15) is 4.72 Å². The Hall–Kier alpha value is -0.660. The quantitative estimate of drug-likeness (QED) is 0.690. The van der Waals surface area contributed by atoms with E-state index >= 15 is 0 Å². The zero-order valence-electron chi connectivity index (χ0n) is 9.23. The molecule has 7 heteroatoms. The van der Waals surface area contributed by atoms with E-state index in [1.54, 1.807) is 0 Å². The largest absolute Gasteiger partial charge is 0.480 e. The molecule has 0 aromatic rings. The van der Waals surface area contributed by atoms with Crippen molar-refractivity contribution in [3.05, 3.63) is 0 Å². The minimum Gasteiger partial charge on any atom is -0.480 e. The molecule has 0 aromatic carbocycles. The molecule has 1 saturated heterocycles. The van der Waals surface area contributed by atoms with Crippen LogP contribution in [0.15, 0.2) is 0 Å². The first-order valence-electron chi connectivity index (χ1n) is 5.25. The van der Waals surface area contributed by atoms with Gasteiger partial charge in [-0.3, -0.25) is 4.79 Å². The average molecular weight is 251 g/mol. The highest BCUT2D eigenvalue weighted by atomic mass is 32.2. The summed E-state index contributed by atoms with van der Waals surface area (Å²) in [6.45, 7) is 2.04. The Morgan fingerprint density at radius 2 is 2.25 bits per heavy atom. The lowest BCUT2D eigenvalue weighted by atomic mass is 10.0. The van der Waals surface area contributed by atoms with Crippen LogP contribution in [0.3, 0.4) is 0 Å². The molecule has 0 bridgehead atoms. The fourth-order valence-corrected chi connectivity index (χ4v) is 3.16. The molecule has 1 aliphatic rings. The van der Waals surface area contributed by atoms with Gasteiger partial charge in [0, 0.05) is 13.0 Å². The number of hydrogen-bond acceptors (Lipinski definition) is 4. The summed E-state index contributed by atoms with van der Waals surface area (Å²) in [5.41, 5.74) is -1.47. The molecular weight excluding hydrogens is 234 g/mol. The molecular formula is C9H17NO5S. The predicted molar refractivity (Wildman–Crippen MR) is 57.6 cm³/mol. The maximum Gasteiger partial charge on any atom is 0.327 e. The van der Waals surface area contributed by atoms with Gasteiger partial charge in [0.05, 0.1) is 12.4 Å². The molecule has 94 valence electrons. The van der Waals surface area contributed by atoms with Crippen molar-refractivity contribution in [3.63, 3.8) is 0 Å². The third kappa shape index (κ3) is 3.16. The zero-order chi connectivity index (χ0) is 12.2. The van der Waals surface area contributed by atoms with Crippen molar-refractivity contribution in [2.75, 3.05) is 19.0 Å². The summed E-state index contributed by atoms with van der Waals surface area (Å²) in [4.78, 5) is 11.1. The third-order valence-electron chi connectivity index (χ3n) is 2.55. The zero-order valence-corrected chi connectivity index (χ0v) is 10.0. The lowest BCUT2D eigenvalue weighted by Crippen LogP contribution is -2.55. The van der Waals surface area contributed by atoms with Gasteiger partial charge >= 0.3 is 5.97 Å². The van der Waals surface area contributed by atoms with Crippen molar-refractivity contribution in [3.8, 4) is 0 Å². The first-order valence-corrected chi connectivity index (χ1v) is 6.90. The second-order valence-corrected chi connectivity index (χ2v) is 5.81. The monoisotopic (exact) mass is 251 g/mol. The molecule has 1 atom stereocenters. The van der Waals surface area contributed by atoms with Crippen LogP contribution in [0, 0.1) is 0 Å². The van der Waals surface area contributed by atoms with Gasteiger partial charge in [0.1, 0.15) is 0 Å². The minimum absolute atomic E-state index is 0.0431. The minimum atomic E-state index is -3.54. The number of ether oxygens (including phenoxy) is 1. The van der Waals surface area contributed by atoms with E-state index in [0.717, 1.165) is 6.42 Å². The second-order valence-electron chi connectivity index (χ2n) is 3.96. The summed E-state index contributed by atoms with van der Waals surface area (Å²) >= 11 is 0. The molecule has 0 radical (unpaired) electrons. The summed E-state index contributed by atoms with van der Waals surface area (Å²) in [6.07, 6.45) is 1.44. The summed E-state index contributed by atoms with van der Waals surface area (Å²) in [5.74, 6) is -1.22. The van der Waals surface area contributed by atoms with Crippen LogP contribution in [0.1, 0.15) is 26.2 Å². The smallest absolute Gasteiger partial charge is 0.327 e. The van der Waals surface area contributed by atoms with Crippen molar-refractivity contribution in [1.29, 1.82) is 0 Å². The lowest BCUT2D eigenvalue weighted by Gasteiger charge is -2.23. The molecule has 1 fully saturated rings. The molecule has 0 spiro atoms. The maximum absolute atomic E-state index is 11.6. The van der Waals surface area contributed by atoms with Crippen LogP contribution in [-0.2, 0) is 19.6 Å². The normalized spacial score (nSPS) is 25.8. The highest BCUT2D eigenvalue weighted by molar-refractivity contribution is 7.89. The highest BCUT2D eigenvalue weighted by Crippen LogP contribution is 2.20. The first-order chi connectivity index (χ1) is 7.42. The van der Waals surface area contributed by atoms with Gasteiger partial charge in [0.2, 0.25) is 10.0 Å². The number of carbonyl (C=O) groups is 1. The SMILES string of the molecule is CCCCS(=O)(=O)NC1(C(=O)O)CCOC1. The van der Waals surface area contributed by atoms with Gasteiger partial charge in [0.15, 0.2) is 5.54 Å². The standard InChI is InChI=1S/C9H17NO5S/c1-2-3-6-16(13,14)10-9(8(11)12)4-5-15-7-9/h10H,2-7H2,1H3,(H,11,12). The Bertz CT molecular complexity index is 345. The molecule has 0 amide bonds. The Balaban J connectivity index is 2.72. The van der Waals surface area contributed by atoms with E-state index in [1.165, 1.54) is 0 Å². The second kappa shape index (κ2) is 5.11. The van der Waals surface area contributed by atoms with Crippen LogP contribution in [0.2, 0.25) is 0 Å². The predicted octanol–water partition coefficient (Wildman–Crippen LogP) is -0.0504. The molecule has 1 rings (SSSR count). The van der Waals surface area contributed by atoms with Gasteiger partial charge in [-0.05, 0) is 6.42 Å². The van der Waals surface area contributed by atoms with Crippen LogP contribution < -0.4 is 4.72 Å². The molecule has 1 unspecified atom stereocenters. The maximum atomic E-state index is 11.6. The van der Waals surface area contributed by atoms with E-state index in [4.69, 9.17) is 9.84 Å². The van der Waals surface area contributed by atoms with Gasteiger partial charge < -0.3 is 9.84 Å². The van der Waals surface area contributed by atoms with Crippen LogP contribution in [0.4, 0.5) is 0 Å². The molecule has 0 aromatic heterocycles. The molecule has 1 aliphatic heterocycles. The number of carboxylic acid groups (broad SMARTS) is 1. The van der Waals surface area contributed by atoms with Crippen molar-refractivity contribution in [2.24, 2.45) is 0 Å². The van der Waals surface area contributed by atoms with Crippen molar-refractivity contribution in [1.82, 2.24) is 4.72 Å². The molecule has 0 saturated carbocycles. The Morgan fingerprint density at radius 1 is 1.56 bits per heavy atom. The van der Waals surface area contributed by atoms with Gasteiger partial charge in [-0.1, -0.05) is 13.3 Å². The van der Waals surface area contributed by atoms with E-state index in [0.29, 0.717) is 6.42 Å². The molecule has 0 aliphatic carbocycles. The number of carboxylic acids is 1. The molecule has 2 N–H and O–H groups in total. The molecule has 16 heavy (non-hydrogen) atoms. The number of nitrogens with one attached hydrogen (secondary N) is 1. The number of rotatable bonds is 6. The van der Waals surface area contributed by atoms with Gasteiger partial charge in [-0.25, -0.2) is 8.42 Å².